The number of ether oxygens (including phenoxy) is 1. The van der Waals surface area contributed by atoms with Crippen LogP contribution in [0.5, 0.6) is 0 Å². The van der Waals surface area contributed by atoms with Crippen molar-refractivity contribution < 1.29 is 9.53 Å². The van der Waals surface area contributed by atoms with Crippen LogP contribution in [0.1, 0.15) is 33.3 Å². The highest BCUT2D eigenvalue weighted by Gasteiger charge is 2.21. The summed E-state index contributed by atoms with van der Waals surface area (Å²) in [5.74, 6) is 0. The molecule has 0 unspecified atom stereocenters. The molecule has 1 amide bonds. The van der Waals surface area contributed by atoms with Gasteiger partial charge < -0.3 is 9.64 Å². The molecule has 0 aromatic heterocycles. The fourth-order valence-corrected chi connectivity index (χ4v) is 1.87. The molecule has 0 spiro atoms. The second kappa shape index (κ2) is 6.23. The van der Waals surface area contributed by atoms with E-state index in [1.807, 2.05) is 52.0 Å². The average Bonchev–Trinajstić information content (AvgIpc) is 2.25. The van der Waals surface area contributed by atoms with Crippen molar-refractivity contribution in [3.8, 4) is 0 Å². The fraction of sp³-hybridized carbons (Fsp3) is 0.500. The molecular formula is C14H20BrNO2. The Hall–Kier alpha value is -1.03. The minimum Gasteiger partial charge on any atom is -0.444 e. The van der Waals surface area contributed by atoms with Crippen molar-refractivity contribution in [1.82, 2.24) is 4.90 Å². The van der Waals surface area contributed by atoms with Crippen LogP contribution in [0.3, 0.4) is 0 Å². The first-order valence-corrected chi connectivity index (χ1v) is 6.84. The van der Waals surface area contributed by atoms with Crippen molar-refractivity contribution in [3.63, 3.8) is 0 Å². The summed E-state index contributed by atoms with van der Waals surface area (Å²) in [6, 6.07) is 7.88. The highest BCUT2D eigenvalue weighted by molar-refractivity contribution is 9.10. The van der Waals surface area contributed by atoms with E-state index in [4.69, 9.17) is 4.74 Å². The van der Waals surface area contributed by atoms with Gasteiger partial charge in [-0.25, -0.2) is 4.79 Å². The Kier molecular flexibility index (Phi) is 5.20. The molecule has 18 heavy (non-hydrogen) atoms. The second-order valence-corrected chi connectivity index (χ2v) is 5.94. The van der Waals surface area contributed by atoms with Gasteiger partial charge in [0.25, 0.3) is 0 Å². The van der Waals surface area contributed by atoms with Crippen LogP contribution in [-0.2, 0) is 11.3 Å². The van der Waals surface area contributed by atoms with E-state index in [0.29, 0.717) is 13.1 Å². The van der Waals surface area contributed by atoms with E-state index in [1.54, 1.807) is 4.90 Å². The standard InChI is InChI=1S/C14H20BrNO2/c1-5-16(13(17)18-14(2,3)4)10-11-8-6-7-9-12(11)15/h6-9H,5,10H2,1-4H3. The van der Waals surface area contributed by atoms with Crippen molar-refractivity contribution in [2.75, 3.05) is 6.54 Å². The number of nitrogens with zero attached hydrogens (tertiary/aromatic N) is 1. The maximum atomic E-state index is 12.0. The lowest BCUT2D eigenvalue weighted by Crippen LogP contribution is -2.36. The zero-order valence-electron chi connectivity index (χ0n) is 11.4. The Labute approximate surface area is 117 Å². The van der Waals surface area contributed by atoms with Crippen LogP contribution in [0.15, 0.2) is 28.7 Å². The minimum absolute atomic E-state index is 0.277. The molecule has 3 nitrogen and oxygen atoms in total. The molecule has 1 rings (SSSR count). The Balaban J connectivity index is 2.74. The molecule has 0 saturated heterocycles. The number of carbonyl (C=O) groups is 1. The molecule has 0 N–H and O–H groups in total. The van der Waals surface area contributed by atoms with Crippen molar-refractivity contribution in [2.24, 2.45) is 0 Å². The van der Waals surface area contributed by atoms with E-state index >= 15 is 0 Å². The molecule has 0 aliphatic heterocycles. The van der Waals surface area contributed by atoms with Gasteiger partial charge in [0, 0.05) is 11.0 Å². The maximum absolute atomic E-state index is 12.0. The molecule has 1 aromatic rings. The van der Waals surface area contributed by atoms with E-state index in [-0.39, 0.29) is 6.09 Å². The van der Waals surface area contributed by atoms with Gasteiger partial charge in [0.2, 0.25) is 0 Å². The normalized spacial score (nSPS) is 11.2. The number of amides is 1. The summed E-state index contributed by atoms with van der Waals surface area (Å²) in [4.78, 5) is 13.7. The topological polar surface area (TPSA) is 29.5 Å². The quantitative estimate of drug-likeness (QED) is 0.836. The van der Waals surface area contributed by atoms with Crippen molar-refractivity contribution >= 4 is 22.0 Å². The lowest BCUT2D eigenvalue weighted by molar-refractivity contribution is 0.0244. The maximum Gasteiger partial charge on any atom is 0.410 e. The summed E-state index contributed by atoms with van der Waals surface area (Å²) in [5, 5.41) is 0. The molecule has 0 aliphatic carbocycles. The number of carbonyl (C=O) groups excluding carboxylic acids is 1. The SMILES string of the molecule is CCN(Cc1ccccc1Br)C(=O)OC(C)(C)C. The van der Waals surface area contributed by atoms with Crippen LogP contribution in [0.25, 0.3) is 0 Å². The lowest BCUT2D eigenvalue weighted by Gasteiger charge is -2.26. The van der Waals surface area contributed by atoms with Gasteiger partial charge in [-0.1, -0.05) is 34.1 Å². The number of hydrogen-bond donors (Lipinski definition) is 0. The fourth-order valence-electron chi connectivity index (χ4n) is 1.46. The predicted molar refractivity (Wildman–Crippen MR) is 76.5 cm³/mol. The summed E-state index contributed by atoms with van der Waals surface area (Å²) >= 11 is 3.49. The first-order chi connectivity index (χ1) is 8.33. The van der Waals surface area contributed by atoms with Gasteiger partial charge in [-0.05, 0) is 39.3 Å². The summed E-state index contributed by atoms with van der Waals surface area (Å²) in [5.41, 5.74) is 0.614. The van der Waals surface area contributed by atoms with Crippen LogP contribution in [0, 0.1) is 0 Å². The van der Waals surface area contributed by atoms with Crippen molar-refractivity contribution in [2.45, 2.75) is 39.8 Å². The molecule has 1 aromatic carbocycles. The molecular weight excluding hydrogens is 294 g/mol. The smallest absolute Gasteiger partial charge is 0.410 e. The summed E-state index contributed by atoms with van der Waals surface area (Å²) in [6.07, 6.45) is -0.277. The van der Waals surface area contributed by atoms with Gasteiger partial charge in [0.05, 0.1) is 6.54 Å². The van der Waals surface area contributed by atoms with Gasteiger partial charge in [-0.3, -0.25) is 0 Å². The van der Waals surface area contributed by atoms with E-state index in [2.05, 4.69) is 15.9 Å². The van der Waals surface area contributed by atoms with Crippen LogP contribution in [0.4, 0.5) is 4.79 Å². The van der Waals surface area contributed by atoms with E-state index < -0.39 is 5.60 Å². The Morgan fingerprint density at radius 3 is 2.44 bits per heavy atom. The molecule has 4 heteroatoms. The minimum atomic E-state index is -0.460. The molecule has 0 bridgehead atoms. The first-order valence-electron chi connectivity index (χ1n) is 6.05. The third kappa shape index (κ3) is 4.69. The van der Waals surface area contributed by atoms with Gasteiger partial charge in [0.15, 0.2) is 0 Å². The zero-order valence-corrected chi connectivity index (χ0v) is 13.0. The molecule has 100 valence electrons. The first kappa shape index (κ1) is 15.0. The van der Waals surface area contributed by atoms with Crippen LogP contribution >= 0.6 is 15.9 Å². The number of rotatable bonds is 3. The van der Waals surface area contributed by atoms with Crippen LogP contribution in [-0.4, -0.2) is 23.1 Å². The molecule has 0 fully saturated rings. The third-order valence-electron chi connectivity index (χ3n) is 2.35. The Morgan fingerprint density at radius 2 is 1.94 bits per heavy atom. The number of benzene rings is 1. The molecule has 0 atom stereocenters. The van der Waals surface area contributed by atoms with Crippen molar-refractivity contribution in [1.29, 1.82) is 0 Å². The van der Waals surface area contributed by atoms with Gasteiger partial charge in [-0.2, -0.15) is 0 Å². The zero-order chi connectivity index (χ0) is 13.8. The number of halogens is 1. The molecule has 0 radical (unpaired) electrons. The summed E-state index contributed by atoms with van der Waals surface area (Å²) < 4.78 is 6.38. The number of hydrogen-bond acceptors (Lipinski definition) is 2. The molecule has 0 saturated carbocycles. The second-order valence-electron chi connectivity index (χ2n) is 5.09. The average molecular weight is 314 g/mol. The highest BCUT2D eigenvalue weighted by Crippen LogP contribution is 2.19. The van der Waals surface area contributed by atoms with Crippen LogP contribution in [0.2, 0.25) is 0 Å². The van der Waals surface area contributed by atoms with E-state index in [0.717, 1.165) is 10.0 Å². The molecule has 0 aliphatic rings. The van der Waals surface area contributed by atoms with Crippen molar-refractivity contribution in [3.05, 3.63) is 34.3 Å². The Bertz CT molecular complexity index is 413. The van der Waals surface area contributed by atoms with E-state index in [9.17, 15) is 4.79 Å². The monoisotopic (exact) mass is 313 g/mol. The largest absolute Gasteiger partial charge is 0.444 e. The summed E-state index contributed by atoms with van der Waals surface area (Å²) in [6.45, 7) is 8.73. The summed E-state index contributed by atoms with van der Waals surface area (Å²) in [7, 11) is 0. The van der Waals surface area contributed by atoms with E-state index in [1.165, 1.54) is 0 Å². The van der Waals surface area contributed by atoms with Gasteiger partial charge in [0.1, 0.15) is 5.60 Å². The predicted octanol–water partition coefficient (Wildman–Crippen LogP) is 4.21. The highest BCUT2D eigenvalue weighted by atomic mass is 79.9. The van der Waals surface area contributed by atoms with Crippen LogP contribution < -0.4 is 0 Å². The third-order valence-corrected chi connectivity index (χ3v) is 3.13. The lowest BCUT2D eigenvalue weighted by atomic mass is 10.2. The molecule has 0 heterocycles. The van der Waals surface area contributed by atoms with Gasteiger partial charge >= 0.3 is 6.09 Å². The Morgan fingerprint density at radius 1 is 1.33 bits per heavy atom. The van der Waals surface area contributed by atoms with Gasteiger partial charge in [-0.15, -0.1) is 0 Å².